The highest BCUT2D eigenvalue weighted by molar-refractivity contribution is 7.92. The van der Waals surface area contributed by atoms with Crippen LogP contribution in [0.25, 0.3) is 0 Å². The van der Waals surface area contributed by atoms with E-state index in [0.717, 1.165) is 19.1 Å². The molecule has 1 amide bonds. The molecule has 116 valence electrons. The largest absolute Gasteiger partial charge is 0.349 e. The molecule has 21 heavy (non-hydrogen) atoms. The van der Waals surface area contributed by atoms with E-state index in [1.165, 1.54) is 25.7 Å². The molecule has 1 aliphatic carbocycles. The third-order valence-corrected chi connectivity index (χ3v) is 4.25. The van der Waals surface area contributed by atoms with E-state index < -0.39 is 10.0 Å². The van der Waals surface area contributed by atoms with Gasteiger partial charge in [-0.3, -0.25) is 9.52 Å². The summed E-state index contributed by atoms with van der Waals surface area (Å²) in [5.41, 5.74) is 1.02. The molecule has 1 aromatic rings. The Labute approximate surface area is 126 Å². The first-order valence-electron chi connectivity index (χ1n) is 7.33. The van der Waals surface area contributed by atoms with Crippen LogP contribution in [0, 0.1) is 0 Å². The van der Waals surface area contributed by atoms with Crippen LogP contribution >= 0.6 is 0 Å². The van der Waals surface area contributed by atoms with E-state index in [1.807, 2.05) is 0 Å². The third kappa shape index (κ3) is 5.38. The van der Waals surface area contributed by atoms with Crippen molar-refractivity contribution in [2.45, 2.75) is 44.6 Å². The minimum atomic E-state index is -3.29. The number of sulfonamides is 1. The Morgan fingerprint density at radius 3 is 2.14 bits per heavy atom. The van der Waals surface area contributed by atoms with E-state index in [0.29, 0.717) is 11.3 Å². The van der Waals surface area contributed by atoms with Crippen LogP contribution in [0.2, 0.25) is 0 Å². The van der Waals surface area contributed by atoms with Crippen LogP contribution < -0.4 is 10.0 Å². The average Bonchev–Trinajstić information content (AvgIpc) is 2.66. The Hall–Kier alpha value is -1.56. The lowest BCUT2D eigenvalue weighted by Crippen LogP contribution is -2.34. The predicted molar refractivity (Wildman–Crippen MR) is 83.9 cm³/mol. The number of carbonyl (C=O) groups excluding carboxylic acids is 1. The molecule has 0 heterocycles. The van der Waals surface area contributed by atoms with Crippen LogP contribution in [-0.2, 0) is 10.0 Å². The van der Waals surface area contributed by atoms with E-state index in [9.17, 15) is 13.2 Å². The van der Waals surface area contributed by atoms with Crippen LogP contribution in [0.3, 0.4) is 0 Å². The first-order chi connectivity index (χ1) is 9.94. The summed E-state index contributed by atoms with van der Waals surface area (Å²) in [6.07, 6.45) is 8.01. The summed E-state index contributed by atoms with van der Waals surface area (Å²) in [7, 11) is -3.29. The van der Waals surface area contributed by atoms with Gasteiger partial charge in [-0.2, -0.15) is 0 Å². The maximum atomic E-state index is 12.2. The molecular formula is C15H22N2O3S. The highest BCUT2D eigenvalue weighted by Crippen LogP contribution is 2.18. The fourth-order valence-corrected chi connectivity index (χ4v) is 3.16. The van der Waals surface area contributed by atoms with Gasteiger partial charge in [-0.1, -0.05) is 25.7 Å². The van der Waals surface area contributed by atoms with Gasteiger partial charge in [0.05, 0.1) is 6.26 Å². The number of nitrogens with one attached hydrogen (secondary N) is 2. The molecule has 0 unspecified atom stereocenters. The third-order valence-electron chi connectivity index (χ3n) is 3.64. The van der Waals surface area contributed by atoms with Crippen molar-refractivity contribution < 1.29 is 13.2 Å². The molecule has 2 rings (SSSR count). The first-order valence-corrected chi connectivity index (χ1v) is 9.22. The van der Waals surface area contributed by atoms with Gasteiger partial charge in [0.1, 0.15) is 0 Å². The quantitative estimate of drug-likeness (QED) is 0.839. The van der Waals surface area contributed by atoms with E-state index in [1.54, 1.807) is 24.3 Å². The fourth-order valence-electron chi connectivity index (χ4n) is 2.60. The van der Waals surface area contributed by atoms with Crippen LogP contribution in [0.1, 0.15) is 48.9 Å². The second kappa shape index (κ2) is 6.93. The van der Waals surface area contributed by atoms with Crippen LogP contribution in [0.15, 0.2) is 24.3 Å². The second-order valence-corrected chi connectivity index (χ2v) is 7.36. The smallest absolute Gasteiger partial charge is 0.251 e. The van der Waals surface area contributed by atoms with Gasteiger partial charge in [-0.15, -0.1) is 0 Å². The van der Waals surface area contributed by atoms with Crippen molar-refractivity contribution in [1.82, 2.24) is 5.32 Å². The van der Waals surface area contributed by atoms with Gasteiger partial charge >= 0.3 is 0 Å². The highest BCUT2D eigenvalue weighted by atomic mass is 32.2. The van der Waals surface area contributed by atoms with Gasteiger partial charge in [0.15, 0.2) is 0 Å². The summed E-state index contributed by atoms with van der Waals surface area (Å²) in [5.74, 6) is -0.0900. The molecule has 5 nitrogen and oxygen atoms in total. The number of rotatable bonds is 4. The van der Waals surface area contributed by atoms with Gasteiger partial charge < -0.3 is 5.32 Å². The van der Waals surface area contributed by atoms with E-state index >= 15 is 0 Å². The van der Waals surface area contributed by atoms with E-state index in [2.05, 4.69) is 10.0 Å². The summed E-state index contributed by atoms with van der Waals surface area (Å²) in [5, 5.41) is 3.07. The lowest BCUT2D eigenvalue weighted by molar-refractivity contribution is 0.0933. The predicted octanol–water partition coefficient (Wildman–Crippen LogP) is 2.51. The molecule has 2 N–H and O–H groups in total. The van der Waals surface area contributed by atoms with E-state index in [4.69, 9.17) is 0 Å². The summed E-state index contributed by atoms with van der Waals surface area (Å²) >= 11 is 0. The second-order valence-electron chi connectivity index (χ2n) is 5.61. The fraction of sp³-hybridized carbons (Fsp3) is 0.533. The minimum Gasteiger partial charge on any atom is -0.349 e. The molecule has 0 atom stereocenters. The molecule has 6 heteroatoms. The molecule has 1 aliphatic rings. The maximum absolute atomic E-state index is 12.2. The van der Waals surface area contributed by atoms with Gasteiger partial charge in [0.2, 0.25) is 10.0 Å². The molecule has 0 saturated heterocycles. The van der Waals surface area contributed by atoms with Crippen molar-refractivity contribution in [3.63, 3.8) is 0 Å². The van der Waals surface area contributed by atoms with Crippen LogP contribution in [0.4, 0.5) is 5.69 Å². The summed E-state index contributed by atoms with van der Waals surface area (Å²) in [6, 6.07) is 6.74. The summed E-state index contributed by atoms with van der Waals surface area (Å²) in [6.45, 7) is 0. The van der Waals surface area contributed by atoms with Crippen LogP contribution in [-0.4, -0.2) is 26.6 Å². The Morgan fingerprint density at radius 2 is 1.62 bits per heavy atom. The normalized spacial score (nSPS) is 17.0. The standard InChI is InChI=1S/C15H22N2O3S/c1-21(19,20)17-14-10-8-12(9-11-14)15(18)16-13-6-4-2-3-5-7-13/h8-11,13,17H,2-7H2,1H3,(H,16,18). The highest BCUT2D eigenvalue weighted by Gasteiger charge is 2.15. The van der Waals surface area contributed by atoms with Crippen molar-refractivity contribution in [1.29, 1.82) is 0 Å². The SMILES string of the molecule is CS(=O)(=O)Nc1ccc(C(=O)NC2CCCCCC2)cc1. The maximum Gasteiger partial charge on any atom is 0.251 e. The number of benzene rings is 1. The van der Waals surface area contributed by atoms with Gasteiger partial charge in [-0.05, 0) is 37.1 Å². The number of hydrogen-bond acceptors (Lipinski definition) is 3. The van der Waals surface area contributed by atoms with Gasteiger partial charge in [0, 0.05) is 17.3 Å². The number of anilines is 1. The van der Waals surface area contributed by atoms with E-state index in [-0.39, 0.29) is 11.9 Å². The summed E-state index contributed by atoms with van der Waals surface area (Å²) in [4.78, 5) is 12.2. The Kier molecular flexibility index (Phi) is 5.22. The minimum absolute atomic E-state index is 0.0900. The number of carbonyl (C=O) groups is 1. The van der Waals surface area contributed by atoms with Crippen molar-refractivity contribution in [3.05, 3.63) is 29.8 Å². The molecule has 1 saturated carbocycles. The van der Waals surface area contributed by atoms with Crippen molar-refractivity contribution in [3.8, 4) is 0 Å². The van der Waals surface area contributed by atoms with Crippen molar-refractivity contribution in [2.75, 3.05) is 11.0 Å². The molecule has 0 aromatic heterocycles. The molecule has 1 fully saturated rings. The Morgan fingerprint density at radius 1 is 1.05 bits per heavy atom. The summed E-state index contributed by atoms with van der Waals surface area (Å²) < 4.78 is 24.6. The lowest BCUT2D eigenvalue weighted by Gasteiger charge is -2.16. The molecular weight excluding hydrogens is 288 g/mol. The Bertz CT molecular complexity index is 573. The molecule has 0 radical (unpaired) electrons. The zero-order chi connectivity index (χ0) is 15.3. The Balaban J connectivity index is 1.96. The molecule has 0 bridgehead atoms. The monoisotopic (exact) mass is 310 g/mol. The van der Waals surface area contributed by atoms with Gasteiger partial charge in [-0.25, -0.2) is 8.42 Å². The van der Waals surface area contributed by atoms with Crippen LogP contribution in [0.5, 0.6) is 0 Å². The zero-order valence-electron chi connectivity index (χ0n) is 12.3. The molecule has 0 aliphatic heterocycles. The average molecular weight is 310 g/mol. The van der Waals surface area contributed by atoms with Crippen molar-refractivity contribution in [2.24, 2.45) is 0 Å². The molecule has 1 aromatic carbocycles. The lowest BCUT2D eigenvalue weighted by atomic mass is 10.1. The van der Waals surface area contributed by atoms with Crippen molar-refractivity contribution >= 4 is 21.6 Å². The molecule has 0 spiro atoms. The number of hydrogen-bond donors (Lipinski definition) is 2. The topological polar surface area (TPSA) is 75.3 Å². The first kappa shape index (κ1) is 15.8. The van der Waals surface area contributed by atoms with Gasteiger partial charge in [0.25, 0.3) is 5.91 Å². The number of amides is 1. The zero-order valence-corrected chi connectivity index (χ0v) is 13.1.